The van der Waals surface area contributed by atoms with Gasteiger partial charge >= 0.3 is 0 Å². The van der Waals surface area contributed by atoms with E-state index in [1.54, 1.807) is 24.4 Å². The summed E-state index contributed by atoms with van der Waals surface area (Å²) in [4.78, 5) is 4.36. The first-order valence-corrected chi connectivity index (χ1v) is 9.73. The second kappa shape index (κ2) is 7.58. The summed E-state index contributed by atoms with van der Waals surface area (Å²) in [5, 5.41) is 0. The Morgan fingerprint density at radius 2 is 1.58 bits per heavy atom. The van der Waals surface area contributed by atoms with E-state index in [9.17, 15) is 8.42 Å². The fourth-order valence-corrected chi connectivity index (χ4v) is 3.43. The molecule has 1 aromatic heterocycles. The molecule has 0 aliphatic heterocycles. The predicted molar refractivity (Wildman–Crippen MR) is 103 cm³/mol. The van der Waals surface area contributed by atoms with Crippen LogP contribution in [0.3, 0.4) is 0 Å². The van der Waals surface area contributed by atoms with E-state index in [4.69, 9.17) is 4.74 Å². The molecule has 0 aliphatic rings. The van der Waals surface area contributed by atoms with Crippen LogP contribution >= 0.6 is 0 Å². The molecule has 2 aromatic carbocycles. The van der Waals surface area contributed by atoms with Crippen LogP contribution in [0.2, 0.25) is 0 Å². The molecule has 26 heavy (non-hydrogen) atoms. The van der Waals surface area contributed by atoms with Crippen LogP contribution in [-0.4, -0.2) is 19.5 Å². The molecule has 0 saturated heterocycles. The average Bonchev–Trinajstić information content (AvgIpc) is 2.63. The van der Waals surface area contributed by atoms with Crippen molar-refractivity contribution in [1.82, 2.24) is 4.98 Å². The van der Waals surface area contributed by atoms with E-state index < -0.39 is 10.0 Å². The van der Waals surface area contributed by atoms with Crippen molar-refractivity contribution in [2.24, 2.45) is 0 Å². The number of benzene rings is 2. The molecule has 0 atom stereocenters. The normalized spacial score (nSPS) is 11.3. The Labute approximate surface area is 153 Å². The highest BCUT2D eigenvalue weighted by molar-refractivity contribution is 7.92. The van der Waals surface area contributed by atoms with Crippen LogP contribution in [0.15, 0.2) is 77.8 Å². The quantitative estimate of drug-likeness (QED) is 0.703. The van der Waals surface area contributed by atoms with Gasteiger partial charge in [-0.3, -0.25) is 4.72 Å². The number of aromatic nitrogens is 1. The molecule has 0 bridgehead atoms. The Balaban J connectivity index is 1.75. The standard InChI is InChI=1S/C20H20N2O3S/c1-15(2)25-18-9-11-19(12-10-18)26(23,24)22-20-13-8-17(14-21-20)16-6-4-3-5-7-16/h3-15H,1-2H3,(H,21,22). The molecule has 134 valence electrons. The summed E-state index contributed by atoms with van der Waals surface area (Å²) >= 11 is 0. The van der Waals surface area contributed by atoms with Crippen molar-refractivity contribution >= 4 is 15.8 Å². The van der Waals surface area contributed by atoms with Gasteiger partial charge in [0.2, 0.25) is 0 Å². The summed E-state index contributed by atoms with van der Waals surface area (Å²) in [7, 11) is -3.70. The monoisotopic (exact) mass is 368 g/mol. The highest BCUT2D eigenvalue weighted by Gasteiger charge is 2.15. The van der Waals surface area contributed by atoms with Crippen molar-refractivity contribution < 1.29 is 13.2 Å². The maximum Gasteiger partial charge on any atom is 0.263 e. The Morgan fingerprint density at radius 3 is 2.15 bits per heavy atom. The molecular weight excluding hydrogens is 348 g/mol. The minimum atomic E-state index is -3.70. The lowest BCUT2D eigenvalue weighted by molar-refractivity contribution is 0.242. The van der Waals surface area contributed by atoms with E-state index in [0.717, 1.165) is 11.1 Å². The van der Waals surface area contributed by atoms with Gasteiger partial charge in [-0.15, -0.1) is 0 Å². The second-order valence-electron chi connectivity index (χ2n) is 6.04. The molecule has 0 unspecified atom stereocenters. The summed E-state index contributed by atoms with van der Waals surface area (Å²) in [5.74, 6) is 0.900. The smallest absolute Gasteiger partial charge is 0.263 e. The summed E-state index contributed by atoms with van der Waals surface area (Å²) in [6, 6.07) is 19.6. The van der Waals surface area contributed by atoms with E-state index in [1.807, 2.05) is 50.2 Å². The highest BCUT2D eigenvalue weighted by atomic mass is 32.2. The molecule has 0 radical (unpaired) electrons. The fourth-order valence-electron chi connectivity index (χ4n) is 2.42. The number of nitrogens with one attached hydrogen (secondary N) is 1. The van der Waals surface area contributed by atoms with Crippen LogP contribution in [0.1, 0.15) is 13.8 Å². The number of hydrogen-bond donors (Lipinski definition) is 1. The minimum Gasteiger partial charge on any atom is -0.491 e. The molecule has 0 amide bonds. The van der Waals surface area contributed by atoms with E-state index in [1.165, 1.54) is 12.1 Å². The van der Waals surface area contributed by atoms with Gasteiger partial charge in [0.1, 0.15) is 11.6 Å². The number of anilines is 1. The second-order valence-corrected chi connectivity index (χ2v) is 7.72. The molecule has 3 rings (SSSR count). The van der Waals surface area contributed by atoms with Gasteiger partial charge in [-0.25, -0.2) is 13.4 Å². The first-order chi connectivity index (χ1) is 12.4. The van der Waals surface area contributed by atoms with E-state index in [2.05, 4.69) is 9.71 Å². The number of rotatable bonds is 6. The van der Waals surface area contributed by atoms with Gasteiger partial charge in [0, 0.05) is 11.8 Å². The first kappa shape index (κ1) is 17.9. The largest absolute Gasteiger partial charge is 0.491 e. The Bertz CT molecular complexity index is 952. The predicted octanol–water partition coefficient (Wildman–Crippen LogP) is 4.34. The Morgan fingerprint density at radius 1 is 0.885 bits per heavy atom. The van der Waals surface area contributed by atoms with E-state index in [0.29, 0.717) is 5.75 Å². The van der Waals surface area contributed by atoms with E-state index >= 15 is 0 Å². The lowest BCUT2D eigenvalue weighted by Gasteiger charge is -2.11. The minimum absolute atomic E-state index is 0.0305. The van der Waals surface area contributed by atoms with Gasteiger partial charge in [-0.05, 0) is 55.8 Å². The lowest BCUT2D eigenvalue weighted by Crippen LogP contribution is -2.14. The highest BCUT2D eigenvalue weighted by Crippen LogP contribution is 2.22. The number of hydrogen-bond acceptors (Lipinski definition) is 4. The molecule has 6 heteroatoms. The summed E-state index contributed by atoms with van der Waals surface area (Å²) in [5.41, 5.74) is 1.94. The van der Waals surface area contributed by atoms with Crippen LogP contribution in [0, 0.1) is 0 Å². The van der Waals surface area contributed by atoms with Gasteiger partial charge in [0.25, 0.3) is 10.0 Å². The molecule has 1 heterocycles. The molecule has 1 N–H and O–H groups in total. The maximum absolute atomic E-state index is 12.5. The van der Waals surface area contributed by atoms with Gasteiger partial charge in [0.05, 0.1) is 11.0 Å². The van der Waals surface area contributed by atoms with Gasteiger partial charge in [-0.1, -0.05) is 30.3 Å². The molecule has 0 fully saturated rings. The van der Waals surface area contributed by atoms with Crippen molar-refractivity contribution in [2.75, 3.05) is 4.72 Å². The summed E-state index contributed by atoms with van der Waals surface area (Å²) in [6.07, 6.45) is 1.68. The van der Waals surface area contributed by atoms with Crippen LogP contribution in [0.5, 0.6) is 5.75 Å². The third-order valence-electron chi connectivity index (χ3n) is 3.62. The van der Waals surface area contributed by atoms with Gasteiger partial charge in [0.15, 0.2) is 0 Å². The number of pyridine rings is 1. The third-order valence-corrected chi connectivity index (χ3v) is 4.99. The number of ether oxygens (including phenoxy) is 1. The first-order valence-electron chi connectivity index (χ1n) is 8.25. The van der Waals surface area contributed by atoms with E-state index in [-0.39, 0.29) is 16.8 Å². The molecule has 0 saturated carbocycles. The maximum atomic E-state index is 12.5. The van der Waals surface area contributed by atoms with Crippen molar-refractivity contribution in [3.8, 4) is 16.9 Å². The van der Waals surface area contributed by atoms with Crippen molar-refractivity contribution in [2.45, 2.75) is 24.8 Å². The molecular formula is C20H20N2O3S. The molecule has 0 spiro atoms. The zero-order valence-corrected chi connectivity index (χ0v) is 15.4. The van der Waals surface area contributed by atoms with Crippen LogP contribution in [0.25, 0.3) is 11.1 Å². The zero-order chi connectivity index (χ0) is 18.6. The number of nitrogens with zero attached hydrogens (tertiary/aromatic N) is 1. The lowest BCUT2D eigenvalue weighted by atomic mass is 10.1. The molecule has 5 nitrogen and oxygen atoms in total. The fraction of sp³-hybridized carbons (Fsp3) is 0.150. The van der Waals surface area contributed by atoms with Gasteiger partial charge in [-0.2, -0.15) is 0 Å². The Kier molecular flexibility index (Phi) is 5.23. The summed E-state index contributed by atoms with van der Waals surface area (Å²) < 4.78 is 33.0. The zero-order valence-electron chi connectivity index (χ0n) is 14.6. The summed E-state index contributed by atoms with van der Waals surface area (Å²) in [6.45, 7) is 3.83. The van der Waals surface area contributed by atoms with Crippen LogP contribution in [0.4, 0.5) is 5.82 Å². The van der Waals surface area contributed by atoms with Crippen LogP contribution in [-0.2, 0) is 10.0 Å². The average molecular weight is 368 g/mol. The van der Waals surface area contributed by atoms with Gasteiger partial charge < -0.3 is 4.74 Å². The molecule has 0 aliphatic carbocycles. The molecule has 3 aromatic rings. The third kappa shape index (κ3) is 4.40. The topological polar surface area (TPSA) is 68.3 Å². The Hall–Kier alpha value is -2.86. The van der Waals surface area contributed by atoms with Crippen molar-refractivity contribution in [3.63, 3.8) is 0 Å². The van der Waals surface area contributed by atoms with Crippen molar-refractivity contribution in [1.29, 1.82) is 0 Å². The SMILES string of the molecule is CC(C)Oc1ccc(S(=O)(=O)Nc2ccc(-c3ccccc3)cn2)cc1. The van der Waals surface area contributed by atoms with Crippen molar-refractivity contribution in [3.05, 3.63) is 72.9 Å². The number of sulfonamides is 1. The van der Waals surface area contributed by atoms with Crippen LogP contribution < -0.4 is 9.46 Å².